The summed E-state index contributed by atoms with van der Waals surface area (Å²) in [6.07, 6.45) is 25.0. The molecule has 0 radical (unpaired) electrons. The first-order valence-corrected chi connectivity index (χ1v) is 13.5. The van der Waals surface area contributed by atoms with Crippen molar-refractivity contribution in [2.75, 3.05) is 0 Å². The average molecular weight is 413 g/mol. The first-order valence-electron chi connectivity index (χ1n) is 12.7. The molecule has 160 valence electrons. The fourth-order valence-electron chi connectivity index (χ4n) is 5.41. The van der Waals surface area contributed by atoms with E-state index in [1.807, 2.05) is 11.3 Å². The van der Waals surface area contributed by atoms with Crippen molar-refractivity contribution in [1.29, 1.82) is 0 Å². The summed E-state index contributed by atoms with van der Waals surface area (Å²) in [4.78, 5) is 10.2. The van der Waals surface area contributed by atoms with Crippen LogP contribution in [-0.4, -0.2) is 9.97 Å². The number of aromatic nitrogens is 2. The SMILES string of the molecule is c1cc2sc(C3CCCCCCCCC3)nc2nc1C1CCCCCCCCC1. The van der Waals surface area contributed by atoms with Crippen LogP contribution < -0.4 is 0 Å². The highest BCUT2D eigenvalue weighted by atomic mass is 32.1. The van der Waals surface area contributed by atoms with Crippen LogP contribution in [-0.2, 0) is 0 Å². The molecule has 0 atom stereocenters. The molecule has 2 aromatic rings. The van der Waals surface area contributed by atoms with Crippen molar-refractivity contribution in [1.82, 2.24) is 9.97 Å². The fourth-order valence-corrected chi connectivity index (χ4v) is 6.49. The van der Waals surface area contributed by atoms with Crippen LogP contribution in [0.25, 0.3) is 10.3 Å². The predicted octanol–water partition coefficient (Wildman–Crippen LogP) is 8.91. The molecule has 0 saturated heterocycles. The normalized spacial score (nSPS) is 22.5. The van der Waals surface area contributed by atoms with E-state index in [4.69, 9.17) is 9.97 Å². The lowest BCUT2D eigenvalue weighted by Gasteiger charge is -2.18. The van der Waals surface area contributed by atoms with Crippen molar-refractivity contribution in [3.63, 3.8) is 0 Å². The maximum absolute atomic E-state index is 5.12. The van der Waals surface area contributed by atoms with Gasteiger partial charge < -0.3 is 0 Å². The summed E-state index contributed by atoms with van der Waals surface area (Å²) >= 11 is 1.93. The highest BCUT2D eigenvalue weighted by Crippen LogP contribution is 2.36. The van der Waals surface area contributed by atoms with Gasteiger partial charge in [0.15, 0.2) is 5.65 Å². The molecule has 3 heteroatoms. The number of thiazole rings is 1. The Morgan fingerprint density at radius 1 is 0.552 bits per heavy atom. The van der Waals surface area contributed by atoms with Crippen molar-refractivity contribution >= 4 is 21.7 Å². The summed E-state index contributed by atoms with van der Waals surface area (Å²) in [6, 6.07) is 4.66. The topological polar surface area (TPSA) is 25.8 Å². The van der Waals surface area contributed by atoms with E-state index in [9.17, 15) is 0 Å². The second-order valence-electron chi connectivity index (χ2n) is 9.61. The molecule has 0 bridgehead atoms. The molecule has 0 aliphatic heterocycles. The minimum Gasteiger partial charge on any atom is -0.232 e. The zero-order valence-corrected chi connectivity index (χ0v) is 19.2. The number of pyridine rings is 1. The largest absolute Gasteiger partial charge is 0.232 e. The molecule has 2 fully saturated rings. The Morgan fingerprint density at radius 3 is 1.59 bits per heavy atom. The lowest BCUT2D eigenvalue weighted by molar-refractivity contribution is 0.457. The number of hydrogen-bond acceptors (Lipinski definition) is 3. The Balaban J connectivity index is 1.48. The van der Waals surface area contributed by atoms with Crippen LogP contribution in [0.4, 0.5) is 0 Å². The Bertz CT molecular complexity index is 693. The number of nitrogens with zero attached hydrogens (tertiary/aromatic N) is 2. The molecular weight excluding hydrogens is 372 g/mol. The van der Waals surface area contributed by atoms with Crippen molar-refractivity contribution < 1.29 is 0 Å². The summed E-state index contributed by atoms with van der Waals surface area (Å²) in [5.74, 6) is 1.32. The molecule has 2 aliphatic carbocycles. The van der Waals surface area contributed by atoms with Crippen LogP contribution in [0.3, 0.4) is 0 Å². The van der Waals surface area contributed by atoms with Crippen molar-refractivity contribution in [2.24, 2.45) is 0 Å². The van der Waals surface area contributed by atoms with Gasteiger partial charge >= 0.3 is 0 Å². The van der Waals surface area contributed by atoms with E-state index in [-0.39, 0.29) is 0 Å². The summed E-state index contributed by atoms with van der Waals surface area (Å²) in [6.45, 7) is 0. The summed E-state index contributed by atoms with van der Waals surface area (Å²) in [5, 5.41) is 1.37. The van der Waals surface area contributed by atoms with E-state index in [1.165, 1.54) is 131 Å². The molecule has 0 N–H and O–H groups in total. The molecule has 2 nitrogen and oxygen atoms in total. The summed E-state index contributed by atoms with van der Waals surface area (Å²) < 4.78 is 1.31. The third-order valence-corrected chi connectivity index (χ3v) is 8.44. The maximum atomic E-state index is 5.12. The monoisotopic (exact) mass is 412 g/mol. The molecule has 0 amide bonds. The molecule has 29 heavy (non-hydrogen) atoms. The van der Waals surface area contributed by atoms with Gasteiger partial charge in [0.1, 0.15) is 0 Å². The zero-order chi connectivity index (χ0) is 19.7. The molecule has 2 aromatic heterocycles. The van der Waals surface area contributed by atoms with E-state index in [0.717, 1.165) is 5.65 Å². The van der Waals surface area contributed by atoms with E-state index in [2.05, 4.69) is 12.1 Å². The molecule has 0 spiro atoms. The highest BCUT2D eigenvalue weighted by molar-refractivity contribution is 7.18. The minimum absolute atomic E-state index is 0.649. The molecule has 0 unspecified atom stereocenters. The third-order valence-electron chi connectivity index (χ3n) is 7.27. The van der Waals surface area contributed by atoms with Crippen LogP contribution in [0, 0.1) is 0 Å². The van der Waals surface area contributed by atoms with E-state index >= 15 is 0 Å². The molecule has 2 saturated carbocycles. The van der Waals surface area contributed by atoms with Crippen LogP contribution in [0.15, 0.2) is 12.1 Å². The second kappa shape index (κ2) is 11.4. The Morgan fingerprint density at radius 2 is 1.03 bits per heavy atom. The Kier molecular flexibility index (Phi) is 8.39. The lowest BCUT2D eigenvalue weighted by Crippen LogP contribution is -2.04. The number of fused-ring (bicyclic) bond motifs is 1. The molecule has 4 rings (SSSR count). The maximum Gasteiger partial charge on any atom is 0.170 e. The van der Waals surface area contributed by atoms with E-state index < -0.39 is 0 Å². The van der Waals surface area contributed by atoms with Gasteiger partial charge in [0.2, 0.25) is 0 Å². The smallest absolute Gasteiger partial charge is 0.170 e. The van der Waals surface area contributed by atoms with Crippen LogP contribution in [0.2, 0.25) is 0 Å². The third kappa shape index (κ3) is 6.26. The van der Waals surface area contributed by atoms with Gasteiger partial charge in [-0.05, 0) is 37.8 Å². The van der Waals surface area contributed by atoms with Gasteiger partial charge in [0.25, 0.3) is 0 Å². The molecule has 2 heterocycles. The average Bonchev–Trinajstić information content (AvgIpc) is 3.19. The van der Waals surface area contributed by atoms with Crippen LogP contribution >= 0.6 is 11.3 Å². The van der Waals surface area contributed by atoms with E-state index in [0.29, 0.717) is 11.8 Å². The predicted molar refractivity (Wildman–Crippen MR) is 126 cm³/mol. The van der Waals surface area contributed by atoms with Crippen molar-refractivity contribution in [3.05, 3.63) is 22.8 Å². The number of rotatable bonds is 2. The second-order valence-corrected chi connectivity index (χ2v) is 10.7. The Labute approximate surface area is 181 Å². The quantitative estimate of drug-likeness (QED) is 0.492. The fraction of sp³-hybridized carbons (Fsp3) is 0.769. The summed E-state index contributed by atoms with van der Waals surface area (Å²) in [5.41, 5.74) is 2.36. The van der Waals surface area contributed by atoms with Crippen LogP contribution in [0.5, 0.6) is 0 Å². The minimum atomic E-state index is 0.649. The standard InChI is InChI=1S/C26H40N2S/c1-3-7-11-15-21(16-12-8-4-1)23-19-20-24-25(27-23)28-26(29-24)22-17-13-9-5-2-6-10-14-18-22/h19-22H,1-18H2. The molecular formula is C26H40N2S. The van der Waals surface area contributed by atoms with E-state index in [1.54, 1.807) is 0 Å². The lowest BCUT2D eigenvalue weighted by atomic mass is 9.89. The first-order chi connectivity index (χ1) is 14.4. The van der Waals surface area contributed by atoms with Gasteiger partial charge in [-0.15, -0.1) is 11.3 Å². The first kappa shape index (κ1) is 21.3. The van der Waals surface area contributed by atoms with Gasteiger partial charge in [-0.25, -0.2) is 9.97 Å². The van der Waals surface area contributed by atoms with Gasteiger partial charge in [0.05, 0.1) is 9.71 Å². The summed E-state index contributed by atoms with van der Waals surface area (Å²) in [7, 11) is 0. The molecule has 0 aromatic carbocycles. The van der Waals surface area contributed by atoms with Crippen molar-refractivity contribution in [3.8, 4) is 0 Å². The number of hydrogen-bond donors (Lipinski definition) is 0. The zero-order valence-electron chi connectivity index (χ0n) is 18.3. The molecule has 2 aliphatic rings. The van der Waals surface area contributed by atoms with Gasteiger partial charge in [0, 0.05) is 17.5 Å². The highest BCUT2D eigenvalue weighted by Gasteiger charge is 2.19. The van der Waals surface area contributed by atoms with Gasteiger partial charge in [-0.2, -0.15) is 0 Å². The Hall–Kier alpha value is -0.960. The van der Waals surface area contributed by atoms with Crippen LogP contribution in [0.1, 0.15) is 138 Å². The van der Waals surface area contributed by atoms with Gasteiger partial charge in [-0.3, -0.25) is 0 Å². The van der Waals surface area contributed by atoms with Crippen molar-refractivity contribution in [2.45, 2.75) is 127 Å². The van der Waals surface area contributed by atoms with Gasteiger partial charge in [-0.1, -0.05) is 89.9 Å².